The van der Waals surface area contributed by atoms with Gasteiger partial charge >= 0.3 is 0 Å². The second kappa shape index (κ2) is 5.89. The van der Waals surface area contributed by atoms with Crippen LogP contribution in [0, 0.1) is 0 Å². The van der Waals surface area contributed by atoms with Crippen LogP contribution in [0.5, 0.6) is 0 Å². The molecule has 16 heavy (non-hydrogen) atoms. The average Bonchev–Trinajstić information content (AvgIpc) is 2.93. The van der Waals surface area contributed by atoms with E-state index in [1.807, 2.05) is 27.7 Å². The van der Waals surface area contributed by atoms with Crippen LogP contribution in [-0.2, 0) is 0 Å². The minimum atomic E-state index is 0.317. The molecule has 0 radical (unpaired) electrons. The lowest BCUT2D eigenvalue weighted by atomic mass is 10.4. The van der Waals surface area contributed by atoms with Crippen LogP contribution in [-0.4, -0.2) is 40.4 Å². The summed E-state index contributed by atoms with van der Waals surface area (Å²) < 4.78 is 1.69. The number of nitrogens with zero attached hydrogens (tertiary/aromatic N) is 8. The van der Waals surface area contributed by atoms with E-state index in [1.165, 1.54) is 6.33 Å². The van der Waals surface area contributed by atoms with E-state index in [2.05, 4.69) is 30.9 Å². The molecule has 0 aliphatic heterocycles. The molecule has 2 aromatic rings. The standard InChI is InChI=1S/2C4H8N4/c1-4(2)8-3-5-6-7-8;1-4(2)8-6-3-5-7-8/h2*3-4H,1-2H3. The second-order valence-corrected chi connectivity index (χ2v) is 3.73. The number of rotatable bonds is 2. The predicted molar refractivity (Wildman–Crippen MR) is 56.4 cm³/mol. The van der Waals surface area contributed by atoms with E-state index in [-0.39, 0.29) is 0 Å². The fourth-order valence-electron chi connectivity index (χ4n) is 0.817. The lowest BCUT2D eigenvalue weighted by molar-refractivity contribution is 0.455. The Bertz CT molecular complexity index is 324. The topological polar surface area (TPSA) is 87.2 Å². The van der Waals surface area contributed by atoms with E-state index >= 15 is 0 Å². The van der Waals surface area contributed by atoms with E-state index in [0.717, 1.165) is 0 Å². The summed E-state index contributed by atoms with van der Waals surface area (Å²) in [5, 5.41) is 21.6. The Morgan fingerprint density at radius 1 is 0.938 bits per heavy atom. The van der Waals surface area contributed by atoms with Crippen LogP contribution < -0.4 is 0 Å². The molecule has 0 bridgehead atoms. The molecular weight excluding hydrogens is 208 g/mol. The summed E-state index contributed by atoms with van der Waals surface area (Å²) in [6.45, 7) is 8.05. The van der Waals surface area contributed by atoms with Crippen molar-refractivity contribution in [2.24, 2.45) is 0 Å². The van der Waals surface area contributed by atoms with Crippen molar-refractivity contribution in [3.63, 3.8) is 0 Å². The summed E-state index contributed by atoms with van der Waals surface area (Å²) in [5.74, 6) is 0. The Balaban J connectivity index is 0.000000160. The molecule has 0 aliphatic rings. The molecule has 0 aromatic carbocycles. The highest BCUT2D eigenvalue weighted by molar-refractivity contribution is 4.52. The van der Waals surface area contributed by atoms with Crippen molar-refractivity contribution in [2.45, 2.75) is 39.8 Å². The normalized spacial score (nSPS) is 10.4. The predicted octanol–water partition coefficient (Wildman–Crippen LogP) is 0.508. The van der Waals surface area contributed by atoms with Crippen molar-refractivity contribution in [1.29, 1.82) is 0 Å². The summed E-state index contributed by atoms with van der Waals surface area (Å²) >= 11 is 0. The first-order valence-corrected chi connectivity index (χ1v) is 5.06. The van der Waals surface area contributed by atoms with Gasteiger partial charge in [0, 0.05) is 6.04 Å². The maximum absolute atomic E-state index is 3.81. The molecule has 0 atom stereocenters. The maximum atomic E-state index is 3.81. The Labute approximate surface area is 93.7 Å². The molecule has 2 rings (SSSR count). The van der Waals surface area contributed by atoms with Gasteiger partial charge in [0.2, 0.25) is 0 Å². The van der Waals surface area contributed by atoms with Crippen molar-refractivity contribution in [2.75, 3.05) is 0 Å². The zero-order valence-electron chi connectivity index (χ0n) is 9.89. The lowest BCUT2D eigenvalue weighted by Crippen LogP contribution is -2.04. The van der Waals surface area contributed by atoms with Gasteiger partial charge in [0.1, 0.15) is 6.33 Å². The fourth-order valence-corrected chi connectivity index (χ4v) is 0.817. The Morgan fingerprint density at radius 3 is 1.94 bits per heavy atom. The Hall–Kier alpha value is -1.86. The molecule has 0 saturated heterocycles. The molecule has 2 aromatic heterocycles. The van der Waals surface area contributed by atoms with Gasteiger partial charge in [-0.3, -0.25) is 0 Å². The molecule has 0 amide bonds. The molecule has 8 heteroatoms. The van der Waals surface area contributed by atoms with Crippen LogP contribution in [0.15, 0.2) is 12.7 Å². The third-order valence-corrected chi connectivity index (χ3v) is 1.72. The van der Waals surface area contributed by atoms with Gasteiger partial charge in [0.25, 0.3) is 0 Å². The summed E-state index contributed by atoms with van der Waals surface area (Å²) in [4.78, 5) is 1.56. The van der Waals surface area contributed by atoms with Crippen LogP contribution in [0.2, 0.25) is 0 Å². The van der Waals surface area contributed by atoms with Crippen molar-refractivity contribution in [3.05, 3.63) is 12.7 Å². The van der Waals surface area contributed by atoms with Gasteiger partial charge in [-0.2, -0.15) is 4.80 Å². The monoisotopic (exact) mass is 224 g/mol. The third-order valence-electron chi connectivity index (χ3n) is 1.72. The highest BCUT2D eigenvalue weighted by Crippen LogP contribution is 1.95. The van der Waals surface area contributed by atoms with E-state index in [0.29, 0.717) is 12.1 Å². The van der Waals surface area contributed by atoms with Crippen LogP contribution in [0.3, 0.4) is 0 Å². The lowest BCUT2D eigenvalue weighted by Gasteiger charge is -1.98. The van der Waals surface area contributed by atoms with Crippen molar-refractivity contribution >= 4 is 0 Å². The number of hydrogen-bond acceptors (Lipinski definition) is 6. The fraction of sp³-hybridized carbons (Fsp3) is 0.750. The van der Waals surface area contributed by atoms with Crippen LogP contribution >= 0.6 is 0 Å². The van der Waals surface area contributed by atoms with Gasteiger partial charge in [0.05, 0.1) is 6.04 Å². The quantitative estimate of drug-likeness (QED) is 0.738. The third kappa shape index (κ3) is 3.71. The zero-order chi connectivity index (χ0) is 12.0. The molecule has 88 valence electrons. The van der Waals surface area contributed by atoms with Gasteiger partial charge < -0.3 is 0 Å². The zero-order valence-corrected chi connectivity index (χ0v) is 9.89. The Kier molecular flexibility index (Phi) is 4.49. The number of tetrazole rings is 2. The maximum Gasteiger partial charge on any atom is 0.162 e. The average molecular weight is 224 g/mol. The van der Waals surface area contributed by atoms with E-state index in [4.69, 9.17) is 0 Å². The summed E-state index contributed by atoms with van der Waals surface area (Å²) in [6, 6.07) is 0.683. The SMILES string of the molecule is CC(C)n1cnnn1.CC(C)n1ncnn1. The molecule has 2 heterocycles. The van der Waals surface area contributed by atoms with Gasteiger partial charge in [-0.15, -0.1) is 15.3 Å². The highest BCUT2D eigenvalue weighted by atomic mass is 15.6. The van der Waals surface area contributed by atoms with E-state index in [1.54, 1.807) is 15.8 Å². The van der Waals surface area contributed by atoms with Gasteiger partial charge in [-0.25, -0.2) is 4.68 Å². The summed E-state index contributed by atoms with van der Waals surface area (Å²) in [5.41, 5.74) is 0. The summed E-state index contributed by atoms with van der Waals surface area (Å²) in [7, 11) is 0. The molecule has 0 aliphatic carbocycles. The first-order valence-electron chi connectivity index (χ1n) is 5.06. The first kappa shape index (κ1) is 12.2. The van der Waals surface area contributed by atoms with Gasteiger partial charge in [-0.05, 0) is 43.3 Å². The van der Waals surface area contributed by atoms with Gasteiger partial charge in [0.15, 0.2) is 6.33 Å². The van der Waals surface area contributed by atoms with Crippen LogP contribution in [0.4, 0.5) is 0 Å². The summed E-state index contributed by atoms with van der Waals surface area (Å²) in [6.07, 6.45) is 3.03. The highest BCUT2D eigenvalue weighted by Gasteiger charge is 1.95. The minimum absolute atomic E-state index is 0.317. The largest absolute Gasteiger partial charge is 0.230 e. The smallest absolute Gasteiger partial charge is 0.162 e. The van der Waals surface area contributed by atoms with Crippen LogP contribution in [0.1, 0.15) is 39.8 Å². The van der Waals surface area contributed by atoms with E-state index in [9.17, 15) is 0 Å². The molecule has 0 spiro atoms. The Morgan fingerprint density at radius 2 is 1.69 bits per heavy atom. The van der Waals surface area contributed by atoms with Gasteiger partial charge in [-0.1, -0.05) is 0 Å². The van der Waals surface area contributed by atoms with E-state index < -0.39 is 0 Å². The van der Waals surface area contributed by atoms with Crippen molar-refractivity contribution < 1.29 is 0 Å². The van der Waals surface area contributed by atoms with Crippen molar-refractivity contribution in [3.8, 4) is 0 Å². The van der Waals surface area contributed by atoms with Crippen LogP contribution in [0.25, 0.3) is 0 Å². The molecule has 0 N–H and O–H groups in total. The molecule has 0 saturated carbocycles. The number of hydrogen-bond donors (Lipinski definition) is 0. The molecule has 8 nitrogen and oxygen atoms in total. The van der Waals surface area contributed by atoms with Crippen molar-refractivity contribution in [1.82, 2.24) is 40.4 Å². The molecular formula is C8H16N8. The molecule has 0 fully saturated rings. The minimum Gasteiger partial charge on any atom is -0.230 e. The second-order valence-electron chi connectivity index (χ2n) is 3.73. The number of aromatic nitrogens is 8. The molecule has 0 unspecified atom stereocenters. The first-order chi connectivity index (χ1) is 7.61.